The number of fused-ring (bicyclic) bond motifs is 6. The molecule has 0 fully saturated rings. The highest BCUT2D eigenvalue weighted by Gasteiger charge is 2.20. The third-order valence-electron chi connectivity index (χ3n) is 8.84. The van der Waals surface area contributed by atoms with E-state index in [1.165, 1.54) is 0 Å². The second-order valence-electron chi connectivity index (χ2n) is 12.9. The summed E-state index contributed by atoms with van der Waals surface area (Å²) in [6.07, 6.45) is 12.6. The van der Waals surface area contributed by atoms with Gasteiger partial charge in [-0.1, -0.05) is 79.1 Å². The van der Waals surface area contributed by atoms with Gasteiger partial charge in [0.1, 0.15) is 13.2 Å². The molecule has 0 aromatic heterocycles. The fourth-order valence-electron chi connectivity index (χ4n) is 6.14. The third kappa shape index (κ3) is 10.7. The molecule has 0 radical (unpaired) electrons. The van der Waals surface area contributed by atoms with E-state index in [2.05, 4.69) is 52.0 Å². The van der Waals surface area contributed by atoms with Gasteiger partial charge in [0.2, 0.25) is 0 Å². The smallest absolute Gasteiger partial charge is 0.161 e. The summed E-state index contributed by atoms with van der Waals surface area (Å²) >= 11 is 0. The zero-order valence-electron chi connectivity index (χ0n) is 31.0. The first-order valence-electron chi connectivity index (χ1n) is 19.1. The van der Waals surface area contributed by atoms with E-state index in [-0.39, 0.29) is 26.4 Å². The Labute approximate surface area is 299 Å². The molecule has 0 bridgehead atoms. The van der Waals surface area contributed by atoms with Gasteiger partial charge in [0.25, 0.3) is 0 Å². The second-order valence-corrected chi connectivity index (χ2v) is 12.9. The fourth-order valence-corrected chi connectivity index (χ4v) is 6.14. The minimum Gasteiger partial charge on any atom is -0.490 e. The molecule has 0 aliphatic rings. The van der Waals surface area contributed by atoms with Gasteiger partial charge in [-0.25, -0.2) is 0 Å². The van der Waals surface area contributed by atoms with Crippen molar-refractivity contribution in [2.24, 2.45) is 0 Å². The molecule has 8 heteroatoms. The normalized spacial score (nSPS) is 11.4. The maximum atomic E-state index is 9.65. The van der Waals surface area contributed by atoms with Gasteiger partial charge in [0, 0.05) is 0 Å². The van der Waals surface area contributed by atoms with Crippen LogP contribution in [0, 0.1) is 0 Å². The Balaban J connectivity index is 2.01. The monoisotopic (exact) mass is 692 g/mol. The lowest BCUT2D eigenvalue weighted by atomic mass is 9.93. The first-order valence-corrected chi connectivity index (χ1v) is 19.1. The average Bonchev–Trinajstić information content (AvgIpc) is 3.13. The number of hydrogen-bond acceptors (Lipinski definition) is 8. The Hall–Kier alpha value is -3.62. The number of unbranched alkanes of at least 4 members (excludes halogenated alkanes) is 8. The van der Waals surface area contributed by atoms with Crippen molar-refractivity contribution in [2.45, 2.75) is 105 Å². The van der Waals surface area contributed by atoms with Crippen LogP contribution in [-0.4, -0.2) is 63.1 Å². The third-order valence-corrected chi connectivity index (χ3v) is 8.84. The Morgan fingerprint density at radius 1 is 0.320 bits per heavy atom. The van der Waals surface area contributed by atoms with Gasteiger partial charge in [-0.05, 0) is 94.4 Å². The van der Waals surface area contributed by atoms with Crippen LogP contribution in [-0.2, 0) is 0 Å². The van der Waals surface area contributed by atoms with Crippen molar-refractivity contribution >= 4 is 32.3 Å². The number of hydrogen-bond donors (Lipinski definition) is 2. The van der Waals surface area contributed by atoms with Gasteiger partial charge in [0.15, 0.2) is 34.5 Å². The van der Waals surface area contributed by atoms with Gasteiger partial charge < -0.3 is 38.6 Å². The van der Waals surface area contributed by atoms with Crippen LogP contribution in [0.5, 0.6) is 34.5 Å². The van der Waals surface area contributed by atoms with Crippen molar-refractivity contribution in [1.82, 2.24) is 0 Å². The largest absolute Gasteiger partial charge is 0.490 e. The van der Waals surface area contributed by atoms with E-state index in [1.807, 2.05) is 12.1 Å². The van der Waals surface area contributed by atoms with Crippen molar-refractivity contribution in [3.05, 3.63) is 36.4 Å². The molecule has 8 nitrogen and oxygen atoms in total. The van der Waals surface area contributed by atoms with Crippen molar-refractivity contribution in [3.8, 4) is 34.5 Å². The summed E-state index contributed by atoms with van der Waals surface area (Å²) < 4.78 is 37.8. The summed E-state index contributed by atoms with van der Waals surface area (Å²) in [6, 6.07) is 12.4. The minimum atomic E-state index is -0.108. The maximum Gasteiger partial charge on any atom is 0.161 e. The molecule has 0 saturated heterocycles. The summed E-state index contributed by atoms with van der Waals surface area (Å²) in [6.45, 7) is 11.2. The van der Waals surface area contributed by atoms with E-state index in [0.29, 0.717) is 49.4 Å². The molecule has 0 amide bonds. The zero-order chi connectivity index (χ0) is 35.6. The number of ether oxygens (including phenoxy) is 6. The number of rotatable bonds is 26. The number of aliphatic hydroxyl groups is 2. The standard InChI is InChI=1S/C42H60O8/c1-5-9-13-19-45-37-25-31-32(26-38(37)46-20-14-10-6-2)34-28-40(48-22-16-12-8-4)42(50-24-18-44)30-36(34)35-29-41(49-23-17-43)39(27-33(31)35)47-21-15-11-7-3/h25-30,43-44H,5-24H2,1-4H3. The average molecular weight is 693 g/mol. The van der Waals surface area contributed by atoms with Crippen molar-refractivity contribution < 1.29 is 38.6 Å². The number of aliphatic hydroxyl groups excluding tert-OH is 2. The Morgan fingerprint density at radius 2 is 0.520 bits per heavy atom. The van der Waals surface area contributed by atoms with E-state index in [4.69, 9.17) is 28.4 Å². The quantitative estimate of drug-likeness (QED) is 0.0496. The molecule has 0 aliphatic carbocycles. The lowest BCUT2D eigenvalue weighted by molar-refractivity contribution is 0.193. The number of benzene rings is 4. The molecule has 50 heavy (non-hydrogen) atoms. The van der Waals surface area contributed by atoms with Crippen LogP contribution in [0.3, 0.4) is 0 Å². The fraction of sp³-hybridized carbons (Fsp3) is 0.571. The van der Waals surface area contributed by atoms with Crippen LogP contribution in [0.1, 0.15) is 105 Å². The summed E-state index contributed by atoms with van der Waals surface area (Å²) in [4.78, 5) is 0. The highest BCUT2D eigenvalue weighted by Crippen LogP contribution is 2.47. The first-order chi connectivity index (χ1) is 24.6. The molecule has 4 rings (SSSR count). The van der Waals surface area contributed by atoms with E-state index in [0.717, 1.165) is 121 Å². The minimum absolute atomic E-state index is 0.108. The van der Waals surface area contributed by atoms with Crippen molar-refractivity contribution in [2.75, 3.05) is 52.9 Å². The van der Waals surface area contributed by atoms with Gasteiger partial charge in [-0.3, -0.25) is 0 Å². The van der Waals surface area contributed by atoms with Crippen molar-refractivity contribution in [3.63, 3.8) is 0 Å². The molecular weight excluding hydrogens is 632 g/mol. The highest BCUT2D eigenvalue weighted by molar-refractivity contribution is 6.26. The molecule has 0 atom stereocenters. The van der Waals surface area contributed by atoms with Gasteiger partial charge in [-0.2, -0.15) is 0 Å². The van der Waals surface area contributed by atoms with E-state index < -0.39 is 0 Å². The highest BCUT2D eigenvalue weighted by atomic mass is 16.5. The predicted octanol–water partition coefficient (Wildman–Crippen LogP) is 10.2. The second kappa shape index (κ2) is 21.6. The van der Waals surface area contributed by atoms with Crippen LogP contribution in [0.15, 0.2) is 36.4 Å². The molecular formula is C42H60O8. The van der Waals surface area contributed by atoms with E-state index in [1.54, 1.807) is 0 Å². The Morgan fingerprint density at radius 3 is 0.700 bits per heavy atom. The van der Waals surface area contributed by atoms with Crippen LogP contribution in [0.4, 0.5) is 0 Å². The van der Waals surface area contributed by atoms with E-state index >= 15 is 0 Å². The van der Waals surface area contributed by atoms with Gasteiger partial charge in [0.05, 0.1) is 39.6 Å². The summed E-state index contributed by atoms with van der Waals surface area (Å²) in [5.41, 5.74) is 0. The molecule has 4 aromatic carbocycles. The summed E-state index contributed by atoms with van der Waals surface area (Å²) in [7, 11) is 0. The van der Waals surface area contributed by atoms with Gasteiger partial charge in [-0.15, -0.1) is 0 Å². The zero-order valence-corrected chi connectivity index (χ0v) is 31.0. The first kappa shape index (κ1) is 39.2. The lowest BCUT2D eigenvalue weighted by Crippen LogP contribution is -2.06. The molecule has 276 valence electrons. The SMILES string of the molecule is CCCCCOc1cc2c(cc1OCCO)c1cc(OCCO)c(OCCCCC)cc1c1cc(OCCCCC)c(OCCCCC)cc21. The molecule has 0 aliphatic heterocycles. The van der Waals surface area contributed by atoms with Crippen LogP contribution >= 0.6 is 0 Å². The molecule has 2 N–H and O–H groups in total. The maximum absolute atomic E-state index is 9.65. The molecule has 0 unspecified atom stereocenters. The van der Waals surface area contributed by atoms with Crippen LogP contribution in [0.25, 0.3) is 32.3 Å². The van der Waals surface area contributed by atoms with Crippen LogP contribution < -0.4 is 28.4 Å². The topological polar surface area (TPSA) is 95.8 Å². The molecule has 4 aromatic rings. The molecule has 0 heterocycles. The Kier molecular flexibility index (Phi) is 16.9. The van der Waals surface area contributed by atoms with Crippen LogP contribution in [0.2, 0.25) is 0 Å². The summed E-state index contributed by atoms with van der Waals surface area (Å²) in [5.74, 6) is 3.90. The lowest BCUT2D eigenvalue weighted by Gasteiger charge is -2.20. The molecule has 0 spiro atoms. The summed E-state index contributed by atoms with van der Waals surface area (Å²) in [5, 5.41) is 25.2. The van der Waals surface area contributed by atoms with Gasteiger partial charge >= 0.3 is 0 Å². The Bertz CT molecular complexity index is 1480. The van der Waals surface area contributed by atoms with E-state index in [9.17, 15) is 10.2 Å². The predicted molar refractivity (Wildman–Crippen MR) is 204 cm³/mol. The molecule has 0 saturated carbocycles. The van der Waals surface area contributed by atoms with Crippen molar-refractivity contribution in [1.29, 1.82) is 0 Å².